The summed E-state index contributed by atoms with van der Waals surface area (Å²) < 4.78 is 38.0. The van der Waals surface area contributed by atoms with E-state index in [1.165, 1.54) is 10.9 Å². The summed E-state index contributed by atoms with van der Waals surface area (Å²) >= 11 is 0. The highest BCUT2D eigenvalue weighted by Crippen LogP contribution is 2.27. The molecule has 0 aliphatic heterocycles. The van der Waals surface area contributed by atoms with Gasteiger partial charge in [0.25, 0.3) is 0 Å². The van der Waals surface area contributed by atoms with E-state index in [9.17, 15) is 13.2 Å². The molecule has 0 unspecified atom stereocenters. The van der Waals surface area contributed by atoms with E-state index in [0.717, 1.165) is 6.07 Å². The topological polar surface area (TPSA) is 30.7 Å². The molecule has 0 aliphatic rings. The largest absolute Gasteiger partial charge is 0.435 e. The van der Waals surface area contributed by atoms with Crippen molar-refractivity contribution in [2.75, 3.05) is 0 Å². The van der Waals surface area contributed by atoms with E-state index in [0.29, 0.717) is 5.69 Å². The number of hydrogen-bond acceptors (Lipinski definition) is 2. The van der Waals surface area contributed by atoms with Crippen molar-refractivity contribution in [1.29, 1.82) is 0 Å². The molecule has 0 saturated carbocycles. The minimum absolute atomic E-state index is 0.233. The molecule has 0 saturated heterocycles. The van der Waals surface area contributed by atoms with Crippen molar-refractivity contribution < 1.29 is 13.2 Å². The van der Waals surface area contributed by atoms with Crippen LogP contribution in [0.1, 0.15) is 11.4 Å². The predicted octanol–water partition coefficient (Wildman–Crippen LogP) is 2.35. The Hall–Kier alpha value is -1.85. The molecule has 2 heterocycles. The third kappa shape index (κ3) is 2.39. The van der Waals surface area contributed by atoms with Crippen LogP contribution in [0.3, 0.4) is 0 Å². The molecule has 0 radical (unpaired) electrons. The summed E-state index contributed by atoms with van der Waals surface area (Å²) in [5.41, 5.74) is -0.220. The highest BCUT2D eigenvalue weighted by Gasteiger charge is 2.33. The van der Waals surface area contributed by atoms with Gasteiger partial charge in [0.1, 0.15) is 0 Å². The Kier molecular flexibility index (Phi) is 2.64. The molecule has 84 valence electrons. The minimum atomic E-state index is -4.39. The fourth-order valence-corrected chi connectivity index (χ4v) is 1.26. The van der Waals surface area contributed by atoms with Crippen LogP contribution in [-0.2, 0) is 12.7 Å². The van der Waals surface area contributed by atoms with Crippen molar-refractivity contribution in [2.45, 2.75) is 12.7 Å². The van der Waals surface area contributed by atoms with Crippen LogP contribution >= 0.6 is 0 Å². The fraction of sp³-hybridized carbons (Fsp3) is 0.200. The lowest BCUT2D eigenvalue weighted by Gasteiger charge is -2.02. The summed E-state index contributed by atoms with van der Waals surface area (Å²) in [4.78, 5) is 4.00. The molecule has 0 N–H and O–H groups in total. The van der Waals surface area contributed by atoms with Gasteiger partial charge in [0, 0.05) is 12.4 Å². The minimum Gasteiger partial charge on any atom is -0.266 e. The van der Waals surface area contributed by atoms with Crippen LogP contribution in [0.15, 0.2) is 36.7 Å². The maximum absolute atomic E-state index is 12.2. The normalized spacial score (nSPS) is 11.7. The Balaban J connectivity index is 2.15. The number of aromatic nitrogens is 3. The lowest BCUT2D eigenvalue weighted by molar-refractivity contribution is -0.141. The smallest absolute Gasteiger partial charge is 0.266 e. The Labute approximate surface area is 89.5 Å². The molecule has 0 aromatic carbocycles. The van der Waals surface area contributed by atoms with Crippen molar-refractivity contribution in [3.05, 3.63) is 48.0 Å². The summed E-state index contributed by atoms with van der Waals surface area (Å²) in [6.45, 7) is 0.233. The number of rotatable bonds is 2. The van der Waals surface area contributed by atoms with Gasteiger partial charge in [-0.3, -0.25) is 9.67 Å². The Morgan fingerprint density at radius 3 is 2.56 bits per heavy atom. The van der Waals surface area contributed by atoms with E-state index < -0.39 is 11.9 Å². The first-order valence-electron chi connectivity index (χ1n) is 4.56. The van der Waals surface area contributed by atoms with E-state index in [1.54, 1.807) is 24.4 Å². The van der Waals surface area contributed by atoms with Gasteiger partial charge in [-0.2, -0.15) is 18.3 Å². The Morgan fingerprint density at radius 1 is 1.19 bits per heavy atom. The Morgan fingerprint density at radius 2 is 2.00 bits per heavy atom. The third-order valence-corrected chi connectivity index (χ3v) is 1.98. The van der Waals surface area contributed by atoms with Gasteiger partial charge in [0.15, 0.2) is 5.69 Å². The van der Waals surface area contributed by atoms with Gasteiger partial charge in [0.2, 0.25) is 0 Å². The van der Waals surface area contributed by atoms with Crippen LogP contribution in [0.2, 0.25) is 0 Å². The highest BCUT2D eigenvalue weighted by atomic mass is 19.4. The zero-order chi connectivity index (χ0) is 11.6. The molecule has 0 atom stereocenters. The van der Waals surface area contributed by atoms with E-state index >= 15 is 0 Å². The molecule has 0 aliphatic carbocycles. The number of alkyl halides is 3. The summed E-state index contributed by atoms with van der Waals surface area (Å²) in [6.07, 6.45) is -1.52. The van der Waals surface area contributed by atoms with Crippen LogP contribution in [-0.4, -0.2) is 14.8 Å². The molecule has 2 aromatic rings. The standard InChI is InChI=1S/C10H8F3N3/c11-10(12,13)9-4-6-16(15-9)7-8-3-1-2-5-14-8/h1-6H,7H2. The summed E-state index contributed by atoms with van der Waals surface area (Å²) in [7, 11) is 0. The molecule has 0 fully saturated rings. The quantitative estimate of drug-likeness (QED) is 0.788. The van der Waals surface area contributed by atoms with Crippen LogP contribution in [0.5, 0.6) is 0 Å². The van der Waals surface area contributed by atoms with Crippen molar-refractivity contribution in [3.63, 3.8) is 0 Å². The van der Waals surface area contributed by atoms with E-state index in [1.807, 2.05) is 0 Å². The average molecular weight is 227 g/mol. The van der Waals surface area contributed by atoms with Gasteiger partial charge >= 0.3 is 6.18 Å². The van der Waals surface area contributed by atoms with Crippen molar-refractivity contribution in [3.8, 4) is 0 Å². The van der Waals surface area contributed by atoms with Crippen LogP contribution in [0.4, 0.5) is 13.2 Å². The van der Waals surface area contributed by atoms with Gasteiger partial charge in [-0.1, -0.05) is 6.07 Å². The van der Waals surface area contributed by atoms with Gasteiger partial charge in [-0.15, -0.1) is 0 Å². The zero-order valence-corrected chi connectivity index (χ0v) is 8.15. The van der Waals surface area contributed by atoms with Gasteiger partial charge in [0.05, 0.1) is 12.2 Å². The number of pyridine rings is 1. The van der Waals surface area contributed by atoms with Crippen LogP contribution < -0.4 is 0 Å². The first kappa shape index (κ1) is 10.7. The number of halogens is 3. The van der Waals surface area contributed by atoms with Crippen LogP contribution in [0, 0.1) is 0 Å². The van der Waals surface area contributed by atoms with E-state index in [4.69, 9.17) is 0 Å². The maximum Gasteiger partial charge on any atom is 0.435 e. The summed E-state index contributed by atoms with van der Waals surface area (Å²) in [6, 6.07) is 6.20. The molecule has 2 aromatic heterocycles. The second-order valence-corrected chi connectivity index (χ2v) is 3.22. The molecule has 6 heteroatoms. The summed E-state index contributed by atoms with van der Waals surface area (Å²) in [5, 5.41) is 3.43. The SMILES string of the molecule is FC(F)(F)c1ccn(Cc2ccccn2)n1. The first-order valence-corrected chi connectivity index (χ1v) is 4.56. The van der Waals surface area contributed by atoms with Crippen LogP contribution in [0.25, 0.3) is 0 Å². The third-order valence-electron chi connectivity index (χ3n) is 1.98. The summed E-state index contributed by atoms with van der Waals surface area (Å²) in [5.74, 6) is 0. The zero-order valence-electron chi connectivity index (χ0n) is 8.15. The lowest BCUT2D eigenvalue weighted by atomic mass is 10.3. The molecular weight excluding hydrogens is 219 g/mol. The number of nitrogens with zero attached hydrogens (tertiary/aromatic N) is 3. The number of hydrogen-bond donors (Lipinski definition) is 0. The maximum atomic E-state index is 12.2. The second-order valence-electron chi connectivity index (χ2n) is 3.22. The van der Waals surface area contributed by atoms with Gasteiger partial charge in [-0.05, 0) is 18.2 Å². The molecule has 2 rings (SSSR count). The fourth-order valence-electron chi connectivity index (χ4n) is 1.26. The van der Waals surface area contributed by atoms with Gasteiger partial charge in [-0.25, -0.2) is 0 Å². The van der Waals surface area contributed by atoms with E-state index in [2.05, 4.69) is 10.1 Å². The first-order chi connectivity index (χ1) is 7.55. The van der Waals surface area contributed by atoms with Crippen molar-refractivity contribution in [2.24, 2.45) is 0 Å². The molecule has 3 nitrogen and oxygen atoms in total. The van der Waals surface area contributed by atoms with E-state index in [-0.39, 0.29) is 6.54 Å². The molecule has 0 bridgehead atoms. The van der Waals surface area contributed by atoms with Crippen molar-refractivity contribution in [1.82, 2.24) is 14.8 Å². The molecule has 16 heavy (non-hydrogen) atoms. The average Bonchev–Trinajstić information content (AvgIpc) is 2.67. The highest BCUT2D eigenvalue weighted by molar-refractivity contribution is 5.07. The lowest BCUT2D eigenvalue weighted by Crippen LogP contribution is -2.08. The second kappa shape index (κ2) is 3.96. The predicted molar refractivity (Wildman–Crippen MR) is 50.6 cm³/mol. The molecule has 0 spiro atoms. The van der Waals surface area contributed by atoms with Crippen molar-refractivity contribution >= 4 is 0 Å². The van der Waals surface area contributed by atoms with Gasteiger partial charge < -0.3 is 0 Å². The Bertz CT molecular complexity index is 462. The molecular formula is C10H8F3N3. The molecule has 0 amide bonds. The monoisotopic (exact) mass is 227 g/mol.